The van der Waals surface area contributed by atoms with E-state index in [0.717, 1.165) is 45.6 Å². The maximum Gasteiger partial charge on any atom is 0.188 e. The highest BCUT2D eigenvalue weighted by Gasteiger charge is 2.13. The minimum Gasteiger partial charge on any atom is -0.333 e. The zero-order chi connectivity index (χ0) is 20.7. The van der Waals surface area contributed by atoms with E-state index < -0.39 is 0 Å². The summed E-state index contributed by atoms with van der Waals surface area (Å²) in [5.74, 6) is 0.750. The Kier molecular flexibility index (Phi) is 7.76. The van der Waals surface area contributed by atoms with Gasteiger partial charge in [-0.2, -0.15) is 0 Å². The number of hydrogen-bond acceptors (Lipinski definition) is 9. The molecule has 7 nitrogen and oxygen atoms in total. The fourth-order valence-electron chi connectivity index (χ4n) is 2.22. The van der Waals surface area contributed by atoms with E-state index in [1.165, 1.54) is 29.7 Å². The van der Waals surface area contributed by atoms with E-state index in [0.29, 0.717) is 5.01 Å². The molecule has 0 saturated carbocycles. The van der Waals surface area contributed by atoms with Crippen molar-refractivity contribution in [3.8, 4) is 10.6 Å². The summed E-state index contributed by atoms with van der Waals surface area (Å²) in [6.45, 7) is 9.08. The molecule has 0 aromatic carbocycles. The number of aryl methyl sites for hydroxylation is 1. The van der Waals surface area contributed by atoms with Gasteiger partial charge in [0.05, 0.1) is 16.3 Å². The Bertz CT molecular complexity index is 896. The van der Waals surface area contributed by atoms with Gasteiger partial charge in [-0.15, -0.1) is 22.7 Å². The summed E-state index contributed by atoms with van der Waals surface area (Å²) in [5, 5.41) is 9.85. The Morgan fingerprint density at radius 3 is 2.54 bits per heavy atom. The molecule has 0 fully saturated rings. The molecule has 0 atom stereocenters. The largest absolute Gasteiger partial charge is 0.333 e. The van der Waals surface area contributed by atoms with E-state index in [1.54, 1.807) is 0 Å². The maximum atomic E-state index is 10.9. The summed E-state index contributed by atoms with van der Waals surface area (Å²) in [6.07, 6.45) is 2.63. The van der Waals surface area contributed by atoms with Crippen molar-refractivity contribution in [2.75, 3.05) is 12.4 Å². The number of rotatable bonds is 6. The van der Waals surface area contributed by atoms with Gasteiger partial charge in [-0.05, 0) is 46.4 Å². The van der Waals surface area contributed by atoms with Gasteiger partial charge >= 0.3 is 0 Å². The quantitative estimate of drug-likeness (QED) is 0.520. The first-order valence-electron chi connectivity index (χ1n) is 8.77. The van der Waals surface area contributed by atoms with E-state index in [1.807, 2.05) is 30.6 Å². The molecule has 3 aromatic rings. The van der Waals surface area contributed by atoms with Crippen LogP contribution in [0.4, 0.5) is 10.9 Å². The van der Waals surface area contributed by atoms with Gasteiger partial charge in [-0.25, -0.2) is 15.0 Å². The molecule has 28 heavy (non-hydrogen) atoms. The van der Waals surface area contributed by atoms with Crippen LogP contribution in [0, 0.1) is 6.92 Å². The molecule has 0 spiro atoms. The molecule has 9 heteroatoms. The number of carbonyl (C=O) groups is 1. The van der Waals surface area contributed by atoms with Gasteiger partial charge in [0.15, 0.2) is 16.4 Å². The minimum absolute atomic E-state index is 0.0761. The van der Waals surface area contributed by atoms with Gasteiger partial charge in [0, 0.05) is 23.7 Å². The van der Waals surface area contributed by atoms with Gasteiger partial charge in [-0.1, -0.05) is 6.07 Å². The molecular formula is C19H26N6OS2. The van der Waals surface area contributed by atoms with Gasteiger partial charge in [0.2, 0.25) is 0 Å². The molecule has 0 unspecified atom stereocenters. The van der Waals surface area contributed by atoms with Crippen LogP contribution < -0.4 is 16.4 Å². The Morgan fingerprint density at radius 1 is 1.21 bits per heavy atom. The molecule has 0 saturated heterocycles. The van der Waals surface area contributed by atoms with Crippen LogP contribution in [0.2, 0.25) is 0 Å². The number of anilines is 2. The lowest BCUT2D eigenvalue weighted by Gasteiger charge is -2.20. The monoisotopic (exact) mass is 418 g/mol. The number of carbonyl (C=O) groups excluding carboxylic acids is 1. The molecule has 150 valence electrons. The molecule has 0 bridgehead atoms. The number of nitrogens with one attached hydrogen (secondary N) is 2. The van der Waals surface area contributed by atoms with Crippen molar-refractivity contribution in [1.82, 2.24) is 20.3 Å². The van der Waals surface area contributed by atoms with E-state index in [2.05, 4.69) is 52.1 Å². The summed E-state index contributed by atoms with van der Waals surface area (Å²) in [4.78, 5) is 25.1. The highest BCUT2D eigenvalue weighted by Crippen LogP contribution is 2.32. The van der Waals surface area contributed by atoms with Crippen molar-refractivity contribution in [1.29, 1.82) is 0 Å². The van der Waals surface area contributed by atoms with Crippen molar-refractivity contribution < 1.29 is 4.79 Å². The Balaban J connectivity index is 0.00000136. The average molecular weight is 419 g/mol. The third-order valence-electron chi connectivity index (χ3n) is 3.53. The van der Waals surface area contributed by atoms with E-state index in [4.69, 9.17) is 0 Å². The second-order valence-electron chi connectivity index (χ2n) is 6.90. The van der Waals surface area contributed by atoms with Crippen molar-refractivity contribution in [3.63, 3.8) is 0 Å². The summed E-state index contributed by atoms with van der Waals surface area (Å²) < 4.78 is 0. The summed E-state index contributed by atoms with van der Waals surface area (Å²) in [5.41, 5.74) is 7.36. The van der Waals surface area contributed by atoms with Crippen molar-refractivity contribution >= 4 is 39.9 Å². The van der Waals surface area contributed by atoms with Crippen LogP contribution >= 0.6 is 22.7 Å². The van der Waals surface area contributed by atoms with Gasteiger partial charge in [0.1, 0.15) is 5.82 Å². The molecule has 3 heterocycles. The molecular weight excluding hydrogens is 392 g/mol. The first-order valence-corrected chi connectivity index (χ1v) is 10.5. The lowest BCUT2D eigenvalue weighted by Crippen LogP contribution is -2.35. The smallest absolute Gasteiger partial charge is 0.188 e. The third kappa shape index (κ3) is 6.16. The second kappa shape index (κ2) is 9.83. The number of aldehydes is 1. The van der Waals surface area contributed by atoms with Crippen LogP contribution in [0.5, 0.6) is 0 Å². The van der Waals surface area contributed by atoms with Gasteiger partial charge in [0.25, 0.3) is 0 Å². The normalized spacial score (nSPS) is 10.9. The van der Waals surface area contributed by atoms with E-state index in [-0.39, 0.29) is 5.54 Å². The number of nitrogens with zero attached hydrogens (tertiary/aromatic N) is 3. The minimum atomic E-state index is 0.0761. The summed E-state index contributed by atoms with van der Waals surface area (Å²) in [6, 6.07) is 4.00. The predicted molar refractivity (Wildman–Crippen MR) is 118 cm³/mol. The lowest BCUT2D eigenvalue weighted by molar-refractivity contribution is 0.112. The molecule has 0 amide bonds. The van der Waals surface area contributed by atoms with Crippen LogP contribution in [-0.4, -0.2) is 33.8 Å². The van der Waals surface area contributed by atoms with Crippen molar-refractivity contribution in [3.05, 3.63) is 40.0 Å². The molecule has 4 N–H and O–H groups in total. The summed E-state index contributed by atoms with van der Waals surface area (Å²) in [7, 11) is 1.50. The Hall–Kier alpha value is -2.20. The molecule has 0 aliphatic carbocycles. The molecule has 0 aliphatic rings. The summed E-state index contributed by atoms with van der Waals surface area (Å²) >= 11 is 2.85. The Morgan fingerprint density at radius 2 is 1.96 bits per heavy atom. The number of hydrogen-bond donors (Lipinski definition) is 3. The SMILES string of the molecule is CN.Cc1nc(C=O)sc1-c1csc(Nc2ccc(CNC(C)(C)C)cn2)n1. The van der Waals surface area contributed by atoms with Crippen LogP contribution in [0.3, 0.4) is 0 Å². The van der Waals surface area contributed by atoms with E-state index in [9.17, 15) is 4.79 Å². The predicted octanol–water partition coefficient (Wildman–Crippen LogP) is 3.99. The molecule has 0 radical (unpaired) electrons. The zero-order valence-electron chi connectivity index (χ0n) is 16.7. The number of thiazole rings is 2. The fourth-order valence-corrected chi connectivity index (χ4v) is 3.85. The first-order chi connectivity index (χ1) is 13.3. The van der Waals surface area contributed by atoms with Crippen LogP contribution in [0.25, 0.3) is 10.6 Å². The van der Waals surface area contributed by atoms with E-state index >= 15 is 0 Å². The zero-order valence-corrected chi connectivity index (χ0v) is 18.4. The topological polar surface area (TPSA) is 106 Å². The first kappa shape index (κ1) is 22.1. The number of nitrogens with two attached hydrogens (primary N) is 1. The van der Waals surface area contributed by atoms with Crippen molar-refractivity contribution in [2.24, 2.45) is 5.73 Å². The Labute approximate surface area is 173 Å². The van der Waals surface area contributed by atoms with Gasteiger partial charge in [-0.3, -0.25) is 4.79 Å². The molecule has 3 rings (SSSR count). The number of aromatic nitrogens is 3. The van der Waals surface area contributed by atoms with Gasteiger partial charge < -0.3 is 16.4 Å². The highest BCUT2D eigenvalue weighted by atomic mass is 32.1. The third-order valence-corrected chi connectivity index (χ3v) is 5.40. The lowest BCUT2D eigenvalue weighted by atomic mass is 10.1. The van der Waals surface area contributed by atoms with Crippen LogP contribution in [-0.2, 0) is 6.54 Å². The standard InChI is InChI=1S/C18H21N5OS2.CH5N/c1-11-16(26-15(9-24)21-11)13-10-25-17(22-13)23-14-6-5-12(7-19-14)8-20-18(2,3)4;1-2/h5-7,9-10,20H,8H2,1-4H3,(H,19,22,23);2H2,1H3. The molecule has 0 aliphatic heterocycles. The van der Waals surface area contributed by atoms with Crippen LogP contribution in [0.15, 0.2) is 23.7 Å². The fraction of sp³-hybridized carbons (Fsp3) is 0.368. The maximum absolute atomic E-state index is 10.9. The second-order valence-corrected chi connectivity index (χ2v) is 8.79. The number of pyridine rings is 1. The highest BCUT2D eigenvalue weighted by molar-refractivity contribution is 7.17. The van der Waals surface area contributed by atoms with Crippen LogP contribution in [0.1, 0.15) is 41.8 Å². The van der Waals surface area contributed by atoms with Crippen molar-refractivity contribution in [2.45, 2.75) is 39.8 Å². The average Bonchev–Trinajstić information content (AvgIpc) is 3.28. The molecule has 3 aromatic heterocycles.